The molecule has 10 heteroatoms. The molecule has 0 aromatic carbocycles. The maximum Gasteiger partial charge on any atom is 0.413 e. The number of unbranched alkanes of at least 4 members (excludes halogenated alkanes) is 3. The number of fused-ring (bicyclic) bond motifs is 1. The Morgan fingerprint density at radius 3 is 2.66 bits per heavy atom. The van der Waals surface area contributed by atoms with Crippen LogP contribution in [0.2, 0.25) is 0 Å². The van der Waals surface area contributed by atoms with Gasteiger partial charge < -0.3 is 25.8 Å². The van der Waals surface area contributed by atoms with Crippen molar-refractivity contribution in [1.82, 2.24) is 21.3 Å². The van der Waals surface area contributed by atoms with Crippen molar-refractivity contribution in [2.45, 2.75) is 45.6 Å². The van der Waals surface area contributed by atoms with Gasteiger partial charge >= 0.3 is 12.1 Å². The van der Waals surface area contributed by atoms with E-state index in [0.29, 0.717) is 31.5 Å². The third-order valence-corrected chi connectivity index (χ3v) is 5.33. The number of rotatable bonds is 11. The SMILES string of the molecule is CCCCCCNC(=NC[C@@H]1[C@H]2CN[C@H](C(=O)NCC(=O)O)[C@@H]12)NC(=O)OCC. The molecule has 1 aliphatic carbocycles. The number of piperidine rings is 1. The van der Waals surface area contributed by atoms with Crippen LogP contribution >= 0.6 is 0 Å². The van der Waals surface area contributed by atoms with Gasteiger partial charge in [-0.1, -0.05) is 26.2 Å². The molecular weight excluding hydrogens is 378 g/mol. The van der Waals surface area contributed by atoms with E-state index >= 15 is 0 Å². The average Bonchev–Trinajstić information content (AvgIpc) is 3.17. The first kappa shape index (κ1) is 22.9. The van der Waals surface area contributed by atoms with Crippen molar-refractivity contribution in [3.8, 4) is 0 Å². The molecular formula is C19H33N5O5. The zero-order chi connectivity index (χ0) is 21.2. The van der Waals surface area contributed by atoms with E-state index in [2.05, 4.69) is 33.2 Å². The number of ether oxygens (including phenoxy) is 1. The summed E-state index contributed by atoms with van der Waals surface area (Å²) in [4.78, 5) is 39.0. The molecule has 1 saturated heterocycles. The smallest absolute Gasteiger partial charge is 0.413 e. The maximum absolute atomic E-state index is 12.2. The Kier molecular flexibility index (Phi) is 9.17. The van der Waals surface area contributed by atoms with Crippen LogP contribution in [0.4, 0.5) is 4.79 Å². The normalized spacial score (nSPS) is 25.1. The van der Waals surface area contributed by atoms with Gasteiger partial charge in [0.15, 0.2) is 0 Å². The molecule has 1 heterocycles. The Hall–Kier alpha value is -2.36. The summed E-state index contributed by atoms with van der Waals surface area (Å²) in [5.74, 6) is -0.244. The second-order valence-electron chi connectivity index (χ2n) is 7.42. The molecule has 2 fully saturated rings. The van der Waals surface area contributed by atoms with Crippen LogP contribution in [0, 0.1) is 17.8 Å². The van der Waals surface area contributed by atoms with E-state index in [-0.39, 0.29) is 36.9 Å². The highest BCUT2D eigenvalue weighted by Crippen LogP contribution is 2.52. The number of aliphatic carboxylic acids is 1. The summed E-state index contributed by atoms with van der Waals surface area (Å²) < 4.78 is 4.93. The minimum atomic E-state index is -1.07. The summed E-state index contributed by atoms with van der Waals surface area (Å²) in [6, 6.07) is -0.386. The second-order valence-corrected chi connectivity index (χ2v) is 7.42. The van der Waals surface area contributed by atoms with Gasteiger partial charge in [-0.2, -0.15) is 0 Å². The fourth-order valence-corrected chi connectivity index (χ4v) is 3.81. The first-order chi connectivity index (χ1) is 14.0. The van der Waals surface area contributed by atoms with Crippen LogP contribution in [0.1, 0.15) is 39.5 Å². The summed E-state index contributed by atoms with van der Waals surface area (Å²) in [5, 5.41) is 20.1. The molecule has 4 atom stereocenters. The quantitative estimate of drug-likeness (QED) is 0.187. The van der Waals surface area contributed by atoms with Crippen LogP contribution in [0.5, 0.6) is 0 Å². The zero-order valence-corrected chi connectivity index (χ0v) is 17.2. The van der Waals surface area contributed by atoms with Crippen LogP contribution in [0.15, 0.2) is 4.99 Å². The van der Waals surface area contributed by atoms with E-state index in [1.165, 1.54) is 6.42 Å². The van der Waals surface area contributed by atoms with Gasteiger partial charge in [-0.25, -0.2) is 4.79 Å². The highest BCUT2D eigenvalue weighted by Gasteiger charge is 2.59. The second kappa shape index (κ2) is 11.6. The molecule has 0 aromatic rings. The Morgan fingerprint density at radius 1 is 1.17 bits per heavy atom. The molecule has 5 N–H and O–H groups in total. The molecule has 0 aromatic heterocycles. The number of nitrogens with zero attached hydrogens (tertiary/aromatic N) is 1. The molecule has 0 bridgehead atoms. The number of alkyl carbamates (subject to hydrolysis) is 1. The molecule has 2 amide bonds. The number of carbonyl (C=O) groups is 3. The largest absolute Gasteiger partial charge is 0.480 e. The lowest BCUT2D eigenvalue weighted by Gasteiger charge is -2.15. The summed E-state index contributed by atoms with van der Waals surface area (Å²) in [6.45, 7) is 5.70. The molecule has 29 heavy (non-hydrogen) atoms. The number of hydrogen-bond donors (Lipinski definition) is 5. The van der Waals surface area contributed by atoms with Crippen LogP contribution in [0.25, 0.3) is 0 Å². The minimum absolute atomic E-state index is 0.140. The number of amides is 2. The van der Waals surface area contributed by atoms with Gasteiger partial charge in [0.2, 0.25) is 11.9 Å². The van der Waals surface area contributed by atoms with Crippen molar-refractivity contribution < 1.29 is 24.2 Å². The number of hydrogen-bond acceptors (Lipinski definition) is 6. The Labute approximate surface area is 171 Å². The first-order valence-corrected chi connectivity index (χ1v) is 10.4. The van der Waals surface area contributed by atoms with Crippen LogP contribution < -0.4 is 21.3 Å². The molecule has 0 unspecified atom stereocenters. The highest BCUT2D eigenvalue weighted by molar-refractivity contribution is 5.94. The molecule has 1 saturated carbocycles. The Balaban J connectivity index is 1.85. The third kappa shape index (κ3) is 7.19. The van der Waals surface area contributed by atoms with Crippen molar-refractivity contribution in [1.29, 1.82) is 0 Å². The van der Waals surface area contributed by atoms with Crippen molar-refractivity contribution in [3.05, 3.63) is 0 Å². The standard InChI is InChI=1S/C19H33N5O5/c1-3-5-6-7-8-20-18(24-19(28)29-4-2)23-10-13-12-9-21-16(15(12)13)17(27)22-11-14(25)26/h12-13,15-16,21H,3-11H2,1-2H3,(H,22,27)(H,25,26)(H2,20,23,24,28)/t12-,13-,15-,16+/m1/s1. The lowest BCUT2D eigenvalue weighted by molar-refractivity contribution is -0.138. The molecule has 0 spiro atoms. The summed E-state index contributed by atoms with van der Waals surface area (Å²) >= 11 is 0. The van der Waals surface area contributed by atoms with Gasteiger partial charge in [0, 0.05) is 13.1 Å². The highest BCUT2D eigenvalue weighted by atomic mass is 16.5. The molecule has 1 aliphatic heterocycles. The van der Waals surface area contributed by atoms with E-state index in [9.17, 15) is 14.4 Å². The number of nitrogens with one attached hydrogen (secondary N) is 4. The number of guanidine groups is 1. The van der Waals surface area contributed by atoms with E-state index in [0.717, 1.165) is 19.3 Å². The number of aliphatic imine (C=N–C) groups is 1. The van der Waals surface area contributed by atoms with E-state index < -0.39 is 12.1 Å². The van der Waals surface area contributed by atoms with Gasteiger partial charge in [-0.05, 0) is 37.6 Å². The Morgan fingerprint density at radius 2 is 1.97 bits per heavy atom. The van der Waals surface area contributed by atoms with E-state index in [1.807, 2.05) is 0 Å². The van der Waals surface area contributed by atoms with Crippen molar-refractivity contribution in [2.75, 3.05) is 32.8 Å². The monoisotopic (exact) mass is 411 g/mol. The maximum atomic E-state index is 12.2. The summed E-state index contributed by atoms with van der Waals surface area (Å²) in [6.07, 6.45) is 3.88. The molecule has 2 rings (SSSR count). The number of carbonyl (C=O) groups excluding carboxylic acids is 2. The van der Waals surface area contributed by atoms with Crippen LogP contribution in [-0.4, -0.2) is 67.9 Å². The van der Waals surface area contributed by atoms with Gasteiger partial charge in [0.1, 0.15) is 6.54 Å². The topological polar surface area (TPSA) is 141 Å². The van der Waals surface area contributed by atoms with Crippen LogP contribution in [-0.2, 0) is 14.3 Å². The number of carboxylic acids is 1. The molecule has 0 radical (unpaired) electrons. The first-order valence-electron chi connectivity index (χ1n) is 10.4. The summed E-state index contributed by atoms with van der Waals surface area (Å²) in [7, 11) is 0. The van der Waals surface area contributed by atoms with Crippen LogP contribution in [0.3, 0.4) is 0 Å². The van der Waals surface area contributed by atoms with Gasteiger partial charge in [-0.3, -0.25) is 19.9 Å². The molecule has 164 valence electrons. The third-order valence-electron chi connectivity index (χ3n) is 5.33. The van der Waals surface area contributed by atoms with Crippen molar-refractivity contribution in [3.63, 3.8) is 0 Å². The fourth-order valence-electron chi connectivity index (χ4n) is 3.81. The van der Waals surface area contributed by atoms with E-state index in [1.54, 1.807) is 6.92 Å². The zero-order valence-electron chi connectivity index (χ0n) is 17.2. The predicted molar refractivity (Wildman–Crippen MR) is 108 cm³/mol. The van der Waals surface area contributed by atoms with Gasteiger partial charge in [0.25, 0.3) is 0 Å². The van der Waals surface area contributed by atoms with E-state index in [4.69, 9.17) is 9.84 Å². The lowest BCUT2D eigenvalue weighted by atomic mass is 10.1. The average molecular weight is 412 g/mol. The lowest BCUT2D eigenvalue weighted by Crippen LogP contribution is -2.45. The predicted octanol–water partition coefficient (Wildman–Crippen LogP) is 0.293. The summed E-state index contributed by atoms with van der Waals surface area (Å²) in [5.41, 5.74) is 0. The van der Waals surface area contributed by atoms with Crippen molar-refractivity contribution >= 4 is 23.9 Å². The van der Waals surface area contributed by atoms with Crippen molar-refractivity contribution in [2.24, 2.45) is 22.7 Å². The minimum Gasteiger partial charge on any atom is -0.480 e. The molecule has 2 aliphatic rings. The van der Waals surface area contributed by atoms with Gasteiger partial charge in [0.05, 0.1) is 12.6 Å². The fraction of sp³-hybridized carbons (Fsp3) is 0.789. The van der Waals surface area contributed by atoms with Gasteiger partial charge in [-0.15, -0.1) is 0 Å². The Bertz CT molecular complexity index is 612. The number of carboxylic acid groups (broad SMARTS) is 1. The molecule has 10 nitrogen and oxygen atoms in total.